The van der Waals surface area contributed by atoms with Crippen LogP contribution in [0, 0.1) is 0 Å². The second-order valence-electron chi connectivity index (χ2n) is 7.46. The number of fused-ring (bicyclic) bond motifs is 1. The molecule has 1 saturated heterocycles. The van der Waals surface area contributed by atoms with Crippen LogP contribution in [0.15, 0.2) is 47.4 Å². The predicted octanol–water partition coefficient (Wildman–Crippen LogP) is 1.95. The number of nitrogens with zero attached hydrogens (tertiary/aromatic N) is 2. The molecule has 0 unspecified atom stereocenters. The first-order chi connectivity index (χ1) is 15.3. The van der Waals surface area contributed by atoms with Crippen LogP contribution in [0.1, 0.15) is 6.92 Å². The number of sulfonamides is 1. The fourth-order valence-corrected chi connectivity index (χ4v) is 4.98. The molecule has 0 spiro atoms. The molecular formula is C21H24N4O6S. The minimum atomic E-state index is -3.79. The molecule has 3 amide bonds. The van der Waals surface area contributed by atoms with Gasteiger partial charge in [0.1, 0.15) is 11.5 Å². The fourth-order valence-electron chi connectivity index (χ4n) is 3.53. The average Bonchev–Trinajstić information content (AvgIpc) is 2.79. The first-order valence-corrected chi connectivity index (χ1v) is 11.5. The number of anilines is 2. The Balaban J connectivity index is 1.40. The SMILES string of the molecule is COc1cccc(NC(=O)N2CCN(S(=O)(=O)c3ccc4c(c3)NC(=O)[C@H](C)O4)CC2)c1. The summed E-state index contributed by atoms with van der Waals surface area (Å²) >= 11 is 0. The van der Waals surface area contributed by atoms with E-state index in [9.17, 15) is 18.0 Å². The Hall–Kier alpha value is -3.31. The molecule has 2 aliphatic heterocycles. The van der Waals surface area contributed by atoms with E-state index in [1.54, 1.807) is 43.2 Å². The van der Waals surface area contributed by atoms with Crippen LogP contribution < -0.4 is 20.1 Å². The van der Waals surface area contributed by atoms with Crippen molar-refractivity contribution in [2.24, 2.45) is 0 Å². The highest BCUT2D eigenvalue weighted by Crippen LogP contribution is 2.33. The van der Waals surface area contributed by atoms with Gasteiger partial charge in [0, 0.05) is 37.9 Å². The third-order valence-corrected chi connectivity index (χ3v) is 7.26. The summed E-state index contributed by atoms with van der Waals surface area (Å²) in [6.45, 7) is 2.43. The van der Waals surface area contributed by atoms with Gasteiger partial charge in [-0.2, -0.15) is 4.31 Å². The molecule has 2 N–H and O–H groups in total. The van der Waals surface area contributed by atoms with Gasteiger partial charge in [0.05, 0.1) is 17.7 Å². The molecule has 0 aromatic heterocycles. The fraction of sp³-hybridized carbons (Fsp3) is 0.333. The molecule has 4 rings (SSSR count). The summed E-state index contributed by atoms with van der Waals surface area (Å²) in [6, 6.07) is 11.1. The van der Waals surface area contributed by atoms with Crippen molar-refractivity contribution in [1.29, 1.82) is 0 Å². The number of carbonyl (C=O) groups is 2. The van der Waals surface area contributed by atoms with Crippen molar-refractivity contribution in [2.45, 2.75) is 17.9 Å². The Kier molecular flexibility index (Phi) is 5.94. The van der Waals surface area contributed by atoms with Gasteiger partial charge in [0.15, 0.2) is 6.10 Å². The average molecular weight is 461 g/mol. The van der Waals surface area contributed by atoms with Crippen molar-refractivity contribution in [3.8, 4) is 11.5 Å². The maximum Gasteiger partial charge on any atom is 0.321 e. The van der Waals surface area contributed by atoms with Crippen molar-refractivity contribution in [3.05, 3.63) is 42.5 Å². The van der Waals surface area contributed by atoms with Gasteiger partial charge < -0.3 is 25.0 Å². The second kappa shape index (κ2) is 8.67. The van der Waals surface area contributed by atoms with Crippen LogP contribution in [0.4, 0.5) is 16.2 Å². The summed E-state index contributed by atoms with van der Waals surface area (Å²) in [5.41, 5.74) is 0.919. The lowest BCUT2D eigenvalue weighted by Gasteiger charge is -2.34. The molecule has 32 heavy (non-hydrogen) atoms. The number of piperazine rings is 1. The molecule has 2 aliphatic rings. The normalized spacial score (nSPS) is 18.9. The van der Waals surface area contributed by atoms with E-state index in [2.05, 4.69) is 10.6 Å². The van der Waals surface area contributed by atoms with Gasteiger partial charge in [0.2, 0.25) is 10.0 Å². The highest BCUT2D eigenvalue weighted by atomic mass is 32.2. The number of ether oxygens (including phenoxy) is 2. The monoisotopic (exact) mass is 460 g/mol. The van der Waals surface area contributed by atoms with Crippen molar-refractivity contribution >= 4 is 33.3 Å². The molecule has 0 saturated carbocycles. The predicted molar refractivity (Wildman–Crippen MR) is 118 cm³/mol. The Morgan fingerprint density at radius 2 is 1.91 bits per heavy atom. The highest BCUT2D eigenvalue weighted by molar-refractivity contribution is 7.89. The molecule has 10 nitrogen and oxygen atoms in total. The number of urea groups is 1. The minimum absolute atomic E-state index is 0.0592. The van der Waals surface area contributed by atoms with E-state index >= 15 is 0 Å². The summed E-state index contributed by atoms with van der Waals surface area (Å²) in [6.07, 6.45) is -0.638. The number of methoxy groups -OCH3 is 1. The van der Waals surface area contributed by atoms with E-state index in [1.165, 1.54) is 22.5 Å². The van der Waals surface area contributed by atoms with Crippen LogP contribution >= 0.6 is 0 Å². The third kappa shape index (κ3) is 4.34. The standard InChI is InChI=1S/C21H24N4O6S/c1-14-20(26)23-18-13-17(6-7-19(18)31-14)32(28,29)25-10-8-24(9-11-25)21(27)22-15-4-3-5-16(12-15)30-2/h3-7,12-14H,8-11H2,1-2H3,(H,22,27)(H,23,26)/t14-/m0/s1. The lowest BCUT2D eigenvalue weighted by Crippen LogP contribution is -2.51. The molecule has 2 aromatic rings. The number of rotatable bonds is 4. The van der Waals surface area contributed by atoms with Gasteiger partial charge in [-0.15, -0.1) is 0 Å². The molecule has 0 radical (unpaired) electrons. The Morgan fingerprint density at radius 3 is 2.62 bits per heavy atom. The molecule has 11 heteroatoms. The molecular weight excluding hydrogens is 436 g/mol. The summed E-state index contributed by atoms with van der Waals surface area (Å²) in [7, 11) is -2.25. The number of hydrogen-bond donors (Lipinski definition) is 2. The van der Waals surface area contributed by atoms with Crippen LogP contribution in [0.5, 0.6) is 11.5 Å². The van der Waals surface area contributed by atoms with Gasteiger partial charge in [-0.1, -0.05) is 6.07 Å². The van der Waals surface area contributed by atoms with Crippen LogP contribution in [0.3, 0.4) is 0 Å². The Morgan fingerprint density at radius 1 is 1.16 bits per heavy atom. The quantitative estimate of drug-likeness (QED) is 0.720. The van der Waals surface area contributed by atoms with Crippen molar-refractivity contribution in [3.63, 3.8) is 0 Å². The number of amides is 3. The molecule has 1 fully saturated rings. The summed E-state index contributed by atoms with van der Waals surface area (Å²) in [5, 5.41) is 5.46. The van der Waals surface area contributed by atoms with E-state index in [-0.39, 0.29) is 43.0 Å². The van der Waals surface area contributed by atoms with E-state index < -0.39 is 16.1 Å². The van der Waals surface area contributed by atoms with E-state index in [0.717, 1.165) is 0 Å². The topological polar surface area (TPSA) is 117 Å². The zero-order chi connectivity index (χ0) is 22.9. The highest BCUT2D eigenvalue weighted by Gasteiger charge is 2.32. The molecule has 2 heterocycles. The zero-order valence-electron chi connectivity index (χ0n) is 17.7. The van der Waals surface area contributed by atoms with Crippen LogP contribution in [-0.4, -0.2) is 69.0 Å². The third-order valence-electron chi connectivity index (χ3n) is 5.37. The second-order valence-corrected chi connectivity index (χ2v) is 9.40. The van der Waals surface area contributed by atoms with Gasteiger partial charge in [-0.05, 0) is 37.3 Å². The van der Waals surface area contributed by atoms with Gasteiger partial charge in [-0.3, -0.25) is 4.79 Å². The lowest BCUT2D eigenvalue weighted by atomic mass is 10.2. The first-order valence-electron chi connectivity index (χ1n) is 10.1. The van der Waals surface area contributed by atoms with Crippen molar-refractivity contribution in [2.75, 3.05) is 43.9 Å². The molecule has 0 aliphatic carbocycles. The van der Waals surface area contributed by atoms with Crippen molar-refractivity contribution < 1.29 is 27.5 Å². The molecule has 170 valence electrons. The molecule has 0 bridgehead atoms. The maximum absolute atomic E-state index is 13.1. The zero-order valence-corrected chi connectivity index (χ0v) is 18.5. The Bertz CT molecular complexity index is 1140. The number of carbonyl (C=O) groups excluding carboxylic acids is 2. The van der Waals surface area contributed by atoms with Crippen LogP contribution in [0.2, 0.25) is 0 Å². The van der Waals surface area contributed by atoms with Crippen LogP contribution in [0.25, 0.3) is 0 Å². The van der Waals surface area contributed by atoms with Gasteiger partial charge in [-0.25, -0.2) is 13.2 Å². The molecule has 1 atom stereocenters. The summed E-state index contributed by atoms with van der Waals surface area (Å²) < 4.78 is 38.2. The van der Waals surface area contributed by atoms with E-state index in [4.69, 9.17) is 9.47 Å². The first kappa shape index (κ1) is 21.9. The largest absolute Gasteiger partial charge is 0.497 e. The van der Waals surface area contributed by atoms with E-state index in [1.807, 2.05) is 0 Å². The number of hydrogen-bond acceptors (Lipinski definition) is 6. The van der Waals surface area contributed by atoms with Crippen LogP contribution in [-0.2, 0) is 14.8 Å². The summed E-state index contributed by atoms with van der Waals surface area (Å²) in [4.78, 5) is 26.0. The van der Waals surface area contributed by atoms with Crippen molar-refractivity contribution in [1.82, 2.24) is 9.21 Å². The number of benzene rings is 2. The smallest absolute Gasteiger partial charge is 0.321 e. The summed E-state index contributed by atoms with van der Waals surface area (Å²) in [5.74, 6) is 0.720. The van der Waals surface area contributed by atoms with E-state index in [0.29, 0.717) is 22.9 Å². The lowest BCUT2D eigenvalue weighted by molar-refractivity contribution is -0.122. The minimum Gasteiger partial charge on any atom is -0.497 e. The van der Waals surface area contributed by atoms with Gasteiger partial charge >= 0.3 is 6.03 Å². The van der Waals surface area contributed by atoms with Gasteiger partial charge in [0.25, 0.3) is 5.91 Å². The number of nitrogens with one attached hydrogen (secondary N) is 2. The maximum atomic E-state index is 13.1. The Labute approximate surface area is 186 Å². The molecule has 2 aromatic carbocycles.